The van der Waals surface area contributed by atoms with E-state index in [4.69, 9.17) is 0 Å². The zero-order valence-corrected chi connectivity index (χ0v) is 8.57. The zero-order valence-electron chi connectivity index (χ0n) is 7.76. The number of carbonyl (C=O) groups is 1. The van der Waals surface area contributed by atoms with Gasteiger partial charge in [-0.1, -0.05) is 6.92 Å². The van der Waals surface area contributed by atoms with Crippen LogP contribution in [0.2, 0.25) is 0 Å². The summed E-state index contributed by atoms with van der Waals surface area (Å²) in [5.41, 5.74) is 2.68. The monoisotopic (exact) mass is 199 g/mol. The Morgan fingerprint density at radius 1 is 1.62 bits per heavy atom. The predicted molar refractivity (Wildman–Crippen MR) is 54.2 cm³/mol. The van der Waals surface area contributed by atoms with Crippen LogP contribution in [0, 0.1) is 0 Å². The predicted octanol–water partition coefficient (Wildman–Crippen LogP) is 1.85. The maximum atomic E-state index is 11.1. The van der Waals surface area contributed by atoms with Crippen LogP contribution in [-0.2, 0) is 6.42 Å². The molecule has 1 aromatic heterocycles. The lowest BCUT2D eigenvalue weighted by Crippen LogP contribution is -2.28. The molecule has 0 bridgehead atoms. The number of nitrogens with one attached hydrogen (secondary N) is 2. The van der Waals surface area contributed by atoms with Crippen LogP contribution in [0.1, 0.15) is 19.5 Å². The average Bonchev–Trinajstić information content (AvgIpc) is 2.52. The van der Waals surface area contributed by atoms with E-state index in [1.165, 1.54) is 11.3 Å². The summed E-state index contributed by atoms with van der Waals surface area (Å²) in [6.07, 6.45) is 0.839. The van der Waals surface area contributed by atoms with Crippen molar-refractivity contribution in [3.05, 3.63) is 11.2 Å². The van der Waals surface area contributed by atoms with Gasteiger partial charge in [0.05, 0.1) is 11.2 Å². The highest BCUT2D eigenvalue weighted by Crippen LogP contribution is 2.19. The molecule has 1 aromatic rings. The molecule has 0 saturated carbocycles. The van der Waals surface area contributed by atoms with E-state index < -0.39 is 0 Å². The maximum Gasteiger partial charge on any atom is 0.319 e. The maximum absolute atomic E-state index is 11.1. The van der Waals surface area contributed by atoms with Gasteiger partial charge in [0.15, 0.2) is 0 Å². The van der Waals surface area contributed by atoms with Crippen LogP contribution >= 0.6 is 11.3 Å². The van der Waals surface area contributed by atoms with Gasteiger partial charge in [-0.2, -0.15) is 0 Å². The van der Waals surface area contributed by atoms with E-state index in [2.05, 4.69) is 15.6 Å². The van der Waals surface area contributed by atoms with E-state index in [1.807, 2.05) is 13.8 Å². The lowest BCUT2D eigenvalue weighted by atomic mass is 10.3. The normalized spacial score (nSPS) is 9.69. The number of anilines is 1. The first-order chi connectivity index (χ1) is 6.27. The Balaban J connectivity index is 2.57. The Kier molecular flexibility index (Phi) is 3.70. The van der Waals surface area contributed by atoms with Gasteiger partial charge in [0.25, 0.3) is 0 Å². The first kappa shape index (κ1) is 9.98. The summed E-state index contributed by atoms with van der Waals surface area (Å²) in [6.45, 7) is 4.52. The third-order valence-electron chi connectivity index (χ3n) is 1.54. The number of aromatic nitrogens is 1. The molecular formula is C8H13N3OS. The van der Waals surface area contributed by atoms with Crippen LogP contribution in [0.3, 0.4) is 0 Å². The third-order valence-corrected chi connectivity index (χ3v) is 2.32. The molecule has 1 heterocycles. The van der Waals surface area contributed by atoms with Crippen molar-refractivity contribution in [2.24, 2.45) is 0 Å². The highest BCUT2D eigenvalue weighted by atomic mass is 32.1. The molecule has 0 fully saturated rings. The molecule has 0 aliphatic rings. The van der Waals surface area contributed by atoms with E-state index in [0.29, 0.717) is 6.54 Å². The van der Waals surface area contributed by atoms with E-state index in [1.54, 1.807) is 5.51 Å². The first-order valence-corrected chi connectivity index (χ1v) is 5.13. The minimum absolute atomic E-state index is 0.165. The van der Waals surface area contributed by atoms with Crippen molar-refractivity contribution >= 4 is 22.4 Å². The molecule has 72 valence electrons. The van der Waals surface area contributed by atoms with Crippen molar-refractivity contribution in [2.45, 2.75) is 20.3 Å². The van der Waals surface area contributed by atoms with Crippen molar-refractivity contribution in [1.29, 1.82) is 0 Å². The number of urea groups is 1. The molecule has 2 amide bonds. The summed E-state index contributed by atoms with van der Waals surface area (Å²) < 4.78 is 0. The van der Waals surface area contributed by atoms with Gasteiger partial charge in [-0.25, -0.2) is 9.78 Å². The molecule has 0 radical (unpaired) electrons. The van der Waals surface area contributed by atoms with Crippen molar-refractivity contribution in [1.82, 2.24) is 10.3 Å². The molecule has 0 atom stereocenters. The SMILES string of the molecule is CCNC(=O)Nc1scnc1CC. The second-order valence-electron chi connectivity index (χ2n) is 2.47. The fourth-order valence-electron chi connectivity index (χ4n) is 0.931. The van der Waals surface area contributed by atoms with Gasteiger partial charge in [0, 0.05) is 6.54 Å². The number of hydrogen-bond donors (Lipinski definition) is 2. The van der Waals surface area contributed by atoms with Gasteiger partial charge in [0.1, 0.15) is 5.00 Å². The van der Waals surface area contributed by atoms with Crippen molar-refractivity contribution < 1.29 is 4.79 Å². The van der Waals surface area contributed by atoms with Crippen LogP contribution in [0.5, 0.6) is 0 Å². The number of thiazole rings is 1. The molecule has 13 heavy (non-hydrogen) atoms. The molecule has 1 rings (SSSR count). The molecule has 2 N–H and O–H groups in total. The minimum atomic E-state index is -0.165. The number of rotatable bonds is 3. The van der Waals surface area contributed by atoms with Gasteiger partial charge in [-0.05, 0) is 13.3 Å². The van der Waals surface area contributed by atoms with Gasteiger partial charge >= 0.3 is 6.03 Å². The van der Waals surface area contributed by atoms with Crippen LogP contribution in [0.25, 0.3) is 0 Å². The minimum Gasteiger partial charge on any atom is -0.338 e. The summed E-state index contributed by atoms with van der Waals surface area (Å²) in [5.74, 6) is 0. The molecule has 4 nitrogen and oxygen atoms in total. The molecular weight excluding hydrogens is 186 g/mol. The Bertz CT molecular complexity index is 285. The summed E-state index contributed by atoms with van der Waals surface area (Å²) in [6, 6.07) is -0.165. The standard InChI is InChI=1S/C8H13N3OS/c1-3-6-7(13-5-10-6)11-8(12)9-4-2/h5H,3-4H2,1-2H3,(H2,9,11,12). The molecule has 0 aliphatic heterocycles. The Hall–Kier alpha value is -1.10. The Morgan fingerprint density at radius 3 is 3.00 bits per heavy atom. The molecule has 0 aromatic carbocycles. The van der Waals surface area contributed by atoms with E-state index >= 15 is 0 Å². The zero-order chi connectivity index (χ0) is 9.68. The van der Waals surface area contributed by atoms with Gasteiger partial charge in [0.2, 0.25) is 0 Å². The van der Waals surface area contributed by atoms with Crippen LogP contribution < -0.4 is 10.6 Å². The van der Waals surface area contributed by atoms with Gasteiger partial charge in [-0.3, -0.25) is 5.32 Å². The topological polar surface area (TPSA) is 54.0 Å². The van der Waals surface area contributed by atoms with Crippen LogP contribution in [-0.4, -0.2) is 17.6 Å². The molecule has 0 saturated heterocycles. The quantitative estimate of drug-likeness (QED) is 0.780. The van der Waals surface area contributed by atoms with Crippen molar-refractivity contribution in [3.8, 4) is 0 Å². The van der Waals surface area contributed by atoms with Gasteiger partial charge < -0.3 is 5.32 Å². The molecule has 0 unspecified atom stereocenters. The molecule has 5 heteroatoms. The average molecular weight is 199 g/mol. The first-order valence-electron chi connectivity index (χ1n) is 4.25. The fourth-order valence-corrected chi connectivity index (χ4v) is 1.70. The number of hydrogen-bond acceptors (Lipinski definition) is 3. The highest BCUT2D eigenvalue weighted by molar-refractivity contribution is 7.14. The number of aryl methyl sites for hydroxylation is 1. The largest absolute Gasteiger partial charge is 0.338 e. The van der Waals surface area contributed by atoms with E-state index in [0.717, 1.165) is 17.1 Å². The number of carbonyl (C=O) groups excluding carboxylic acids is 1. The third kappa shape index (κ3) is 2.69. The number of amides is 2. The second-order valence-corrected chi connectivity index (χ2v) is 3.32. The van der Waals surface area contributed by atoms with Crippen LogP contribution in [0.15, 0.2) is 5.51 Å². The molecule has 0 aliphatic carbocycles. The smallest absolute Gasteiger partial charge is 0.319 e. The van der Waals surface area contributed by atoms with Crippen molar-refractivity contribution in [3.63, 3.8) is 0 Å². The lowest BCUT2D eigenvalue weighted by molar-refractivity contribution is 0.252. The Labute approximate surface area is 81.4 Å². The van der Waals surface area contributed by atoms with E-state index in [-0.39, 0.29) is 6.03 Å². The van der Waals surface area contributed by atoms with Crippen LogP contribution in [0.4, 0.5) is 9.80 Å². The molecule has 0 spiro atoms. The number of nitrogens with zero attached hydrogens (tertiary/aromatic N) is 1. The summed E-state index contributed by atoms with van der Waals surface area (Å²) in [7, 11) is 0. The highest BCUT2D eigenvalue weighted by Gasteiger charge is 2.06. The Morgan fingerprint density at radius 2 is 2.38 bits per heavy atom. The lowest BCUT2D eigenvalue weighted by Gasteiger charge is -2.03. The fraction of sp³-hybridized carbons (Fsp3) is 0.500. The summed E-state index contributed by atoms with van der Waals surface area (Å²) >= 11 is 1.45. The van der Waals surface area contributed by atoms with E-state index in [9.17, 15) is 4.79 Å². The van der Waals surface area contributed by atoms with Gasteiger partial charge in [-0.15, -0.1) is 11.3 Å². The second kappa shape index (κ2) is 4.81. The summed E-state index contributed by atoms with van der Waals surface area (Å²) in [5, 5.41) is 6.25. The summed E-state index contributed by atoms with van der Waals surface area (Å²) in [4.78, 5) is 15.3. The van der Waals surface area contributed by atoms with Crippen molar-refractivity contribution in [2.75, 3.05) is 11.9 Å².